The van der Waals surface area contributed by atoms with Crippen LogP contribution in [0, 0.1) is 11.6 Å². The number of halogens is 4. The lowest BCUT2D eigenvalue weighted by molar-refractivity contribution is 0.111. The van der Waals surface area contributed by atoms with Crippen molar-refractivity contribution in [1.29, 1.82) is 0 Å². The van der Waals surface area contributed by atoms with Crippen LogP contribution in [0.4, 0.5) is 8.78 Å². The summed E-state index contributed by atoms with van der Waals surface area (Å²) in [6.45, 7) is 0. The van der Waals surface area contributed by atoms with Crippen molar-refractivity contribution in [3.8, 4) is 0 Å². The average molecular weight is 300 g/mol. The Balaban J connectivity index is 3.49. The van der Waals surface area contributed by atoms with Crippen LogP contribution in [0.15, 0.2) is 15.0 Å². The molecule has 0 bridgehead atoms. The van der Waals surface area contributed by atoms with Gasteiger partial charge in [-0.15, -0.1) is 0 Å². The largest absolute Gasteiger partial charge is 0.298 e. The fourth-order valence-corrected chi connectivity index (χ4v) is 1.39. The van der Waals surface area contributed by atoms with Crippen molar-refractivity contribution in [3.63, 3.8) is 0 Å². The van der Waals surface area contributed by atoms with Gasteiger partial charge in [0.2, 0.25) is 0 Å². The molecule has 0 aliphatic heterocycles. The maximum absolute atomic E-state index is 12.8. The third kappa shape index (κ3) is 1.56. The van der Waals surface area contributed by atoms with Crippen molar-refractivity contribution >= 4 is 38.1 Å². The minimum absolute atomic E-state index is 0.0226. The highest BCUT2D eigenvalue weighted by atomic mass is 79.9. The standard InChI is InChI=1S/C7H2Br2F2O/c8-4-1-3(2-12)6(10)7(11)5(4)9/h1-2H. The van der Waals surface area contributed by atoms with E-state index in [1.165, 1.54) is 6.07 Å². The van der Waals surface area contributed by atoms with E-state index >= 15 is 0 Å². The Kier molecular flexibility index (Phi) is 2.95. The van der Waals surface area contributed by atoms with E-state index < -0.39 is 11.6 Å². The van der Waals surface area contributed by atoms with Gasteiger partial charge in [-0.2, -0.15) is 0 Å². The Morgan fingerprint density at radius 1 is 1.25 bits per heavy atom. The molecular weight excluding hydrogens is 298 g/mol. The molecular formula is C7H2Br2F2O. The Morgan fingerprint density at radius 2 is 1.83 bits per heavy atom. The van der Waals surface area contributed by atoms with Crippen LogP contribution in [-0.4, -0.2) is 6.29 Å². The normalized spacial score (nSPS) is 10.0. The predicted octanol–water partition coefficient (Wildman–Crippen LogP) is 3.30. The highest BCUT2D eigenvalue weighted by Crippen LogP contribution is 2.29. The van der Waals surface area contributed by atoms with Crippen LogP contribution in [0.2, 0.25) is 0 Å². The third-order valence-corrected chi connectivity index (χ3v) is 3.19. The van der Waals surface area contributed by atoms with Gasteiger partial charge in [-0.1, -0.05) is 0 Å². The Hall–Kier alpha value is -0.290. The van der Waals surface area contributed by atoms with Gasteiger partial charge >= 0.3 is 0 Å². The lowest BCUT2D eigenvalue weighted by Crippen LogP contribution is -1.94. The third-order valence-electron chi connectivity index (χ3n) is 1.26. The van der Waals surface area contributed by atoms with E-state index in [1.54, 1.807) is 0 Å². The smallest absolute Gasteiger partial charge is 0.174 e. The Morgan fingerprint density at radius 3 is 2.33 bits per heavy atom. The molecule has 0 fully saturated rings. The van der Waals surface area contributed by atoms with E-state index in [2.05, 4.69) is 31.9 Å². The predicted molar refractivity (Wildman–Crippen MR) is 47.1 cm³/mol. The average Bonchev–Trinajstić information content (AvgIpc) is 2.08. The number of hydrogen-bond donors (Lipinski definition) is 0. The van der Waals surface area contributed by atoms with Crippen LogP contribution in [0.3, 0.4) is 0 Å². The summed E-state index contributed by atoms with van der Waals surface area (Å²) in [5.41, 5.74) is -0.303. The summed E-state index contributed by atoms with van der Waals surface area (Å²) < 4.78 is 25.9. The van der Waals surface area contributed by atoms with E-state index in [1.807, 2.05) is 0 Å². The first-order chi connectivity index (χ1) is 5.57. The van der Waals surface area contributed by atoms with Crippen LogP contribution >= 0.6 is 31.9 Å². The topological polar surface area (TPSA) is 17.1 Å². The van der Waals surface area contributed by atoms with Crippen molar-refractivity contribution in [2.45, 2.75) is 0 Å². The number of carbonyl (C=O) groups excluding carboxylic acids is 1. The first kappa shape index (κ1) is 9.80. The highest BCUT2D eigenvalue weighted by Gasteiger charge is 2.14. The molecule has 0 aliphatic rings. The molecule has 1 aromatic rings. The van der Waals surface area contributed by atoms with E-state index in [9.17, 15) is 13.6 Å². The molecule has 1 nitrogen and oxygen atoms in total. The van der Waals surface area contributed by atoms with Crippen LogP contribution in [-0.2, 0) is 0 Å². The number of hydrogen-bond acceptors (Lipinski definition) is 1. The molecule has 0 heterocycles. The minimum Gasteiger partial charge on any atom is -0.298 e. The molecule has 0 aliphatic carbocycles. The summed E-state index contributed by atoms with van der Waals surface area (Å²) in [6, 6.07) is 1.20. The maximum Gasteiger partial charge on any atom is 0.174 e. The van der Waals surface area contributed by atoms with Gasteiger partial charge in [0.15, 0.2) is 17.9 Å². The van der Waals surface area contributed by atoms with E-state index in [4.69, 9.17) is 0 Å². The van der Waals surface area contributed by atoms with Crippen molar-refractivity contribution in [1.82, 2.24) is 0 Å². The second kappa shape index (κ2) is 3.62. The number of aldehydes is 1. The van der Waals surface area contributed by atoms with Crippen LogP contribution in [0.25, 0.3) is 0 Å². The first-order valence-electron chi connectivity index (χ1n) is 2.86. The highest BCUT2D eigenvalue weighted by molar-refractivity contribution is 9.13. The fourth-order valence-electron chi connectivity index (χ4n) is 0.677. The molecule has 0 unspecified atom stereocenters. The second-order valence-electron chi connectivity index (χ2n) is 2.01. The summed E-state index contributed by atoms with van der Waals surface area (Å²) in [4.78, 5) is 10.2. The molecule has 0 atom stereocenters. The monoisotopic (exact) mass is 298 g/mol. The molecule has 5 heteroatoms. The van der Waals surface area contributed by atoms with E-state index in [0.29, 0.717) is 4.47 Å². The quantitative estimate of drug-likeness (QED) is 0.442. The summed E-state index contributed by atoms with van der Waals surface area (Å²) in [5, 5.41) is 0. The second-order valence-corrected chi connectivity index (χ2v) is 3.65. The van der Waals surface area contributed by atoms with Gasteiger partial charge in [0, 0.05) is 4.47 Å². The lowest BCUT2D eigenvalue weighted by Gasteiger charge is -2.01. The molecule has 0 radical (unpaired) electrons. The van der Waals surface area contributed by atoms with Crippen molar-refractivity contribution in [3.05, 3.63) is 32.2 Å². The SMILES string of the molecule is O=Cc1cc(Br)c(Br)c(F)c1F. The van der Waals surface area contributed by atoms with Crippen molar-refractivity contribution < 1.29 is 13.6 Å². The van der Waals surface area contributed by atoms with Gasteiger partial charge in [-0.05, 0) is 37.9 Å². The molecule has 1 rings (SSSR count). The van der Waals surface area contributed by atoms with Crippen LogP contribution in [0.5, 0.6) is 0 Å². The molecule has 12 heavy (non-hydrogen) atoms. The van der Waals surface area contributed by atoms with Crippen molar-refractivity contribution in [2.75, 3.05) is 0 Å². The molecule has 0 saturated heterocycles. The van der Waals surface area contributed by atoms with Gasteiger partial charge in [-0.25, -0.2) is 8.78 Å². The Labute approximate surface area is 84.0 Å². The molecule has 0 N–H and O–H groups in total. The summed E-state index contributed by atoms with van der Waals surface area (Å²) in [5.74, 6) is -2.20. The zero-order valence-corrected chi connectivity index (χ0v) is 8.75. The zero-order valence-electron chi connectivity index (χ0n) is 5.57. The fraction of sp³-hybridized carbons (Fsp3) is 0. The van der Waals surface area contributed by atoms with Crippen LogP contribution in [0.1, 0.15) is 10.4 Å². The van der Waals surface area contributed by atoms with Crippen LogP contribution < -0.4 is 0 Å². The number of carbonyl (C=O) groups is 1. The molecule has 1 aromatic carbocycles. The molecule has 0 saturated carbocycles. The minimum atomic E-state index is -1.14. The summed E-state index contributed by atoms with van der Waals surface area (Å²) in [6.07, 6.45) is 0.260. The summed E-state index contributed by atoms with van der Waals surface area (Å²) in [7, 11) is 0. The maximum atomic E-state index is 12.8. The van der Waals surface area contributed by atoms with Gasteiger partial charge in [0.25, 0.3) is 0 Å². The van der Waals surface area contributed by atoms with Gasteiger partial charge in [0.05, 0.1) is 10.0 Å². The van der Waals surface area contributed by atoms with Gasteiger partial charge in [0.1, 0.15) is 0 Å². The Bertz CT molecular complexity index is 339. The lowest BCUT2D eigenvalue weighted by atomic mass is 10.2. The molecule has 64 valence electrons. The van der Waals surface area contributed by atoms with E-state index in [-0.39, 0.29) is 16.3 Å². The van der Waals surface area contributed by atoms with Crippen molar-refractivity contribution in [2.24, 2.45) is 0 Å². The molecule has 0 amide bonds. The van der Waals surface area contributed by atoms with E-state index in [0.717, 1.165) is 0 Å². The number of benzene rings is 1. The van der Waals surface area contributed by atoms with Gasteiger partial charge in [-0.3, -0.25) is 4.79 Å². The molecule has 0 aromatic heterocycles. The van der Waals surface area contributed by atoms with Gasteiger partial charge < -0.3 is 0 Å². The molecule has 0 spiro atoms. The summed E-state index contributed by atoms with van der Waals surface area (Å²) >= 11 is 5.77. The number of rotatable bonds is 1. The first-order valence-corrected chi connectivity index (χ1v) is 4.44. The zero-order chi connectivity index (χ0) is 9.30.